The van der Waals surface area contributed by atoms with E-state index in [1.165, 1.54) is 35.7 Å². The number of methoxy groups -OCH3 is 1. The first-order chi connectivity index (χ1) is 12.0. The monoisotopic (exact) mass is 361 g/mol. The lowest BCUT2D eigenvalue weighted by Crippen LogP contribution is -2.39. The largest absolute Gasteiger partial charge is 0.494 e. The van der Waals surface area contributed by atoms with Crippen LogP contribution in [0.4, 0.5) is 11.4 Å². The van der Waals surface area contributed by atoms with Crippen molar-refractivity contribution in [3.8, 4) is 5.75 Å². The van der Waals surface area contributed by atoms with Crippen LogP contribution in [0.2, 0.25) is 0 Å². The molecule has 1 amide bonds. The van der Waals surface area contributed by atoms with Gasteiger partial charge < -0.3 is 10.1 Å². The molecule has 132 valence electrons. The number of rotatable bonds is 5. The highest BCUT2D eigenvalue weighted by molar-refractivity contribution is 7.10. The molecule has 0 saturated carbocycles. The Morgan fingerprint density at radius 2 is 2.28 bits per heavy atom. The van der Waals surface area contributed by atoms with Gasteiger partial charge in [0, 0.05) is 23.5 Å². The quantitative estimate of drug-likeness (QED) is 0.653. The van der Waals surface area contributed by atoms with Gasteiger partial charge in [-0.25, -0.2) is 0 Å². The molecule has 1 aromatic heterocycles. The zero-order chi connectivity index (χ0) is 18.0. The predicted octanol–water partition coefficient (Wildman–Crippen LogP) is 3.22. The highest BCUT2D eigenvalue weighted by Gasteiger charge is 2.26. The molecule has 0 radical (unpaired) electrons. The number of fused-ring (bicyclic) bond motifs is 1. The Morgan fingerprint density at radius 3 is 3.00 bits per heavy atom. The van der Waals surface area contributed by atoms with Crippen LogP contribution in [0.5, 0.6) is 5.75 Å². The normalized spacial score (nSPS) is 17.0. The number of benzene rings is 1. The van der Waals surface area contributed by atoms with Crippen LogP contribution in [0, 0.1) is 10.1 Å². The second-order valence-corrected chi connectivity index (χ2v) is 6.89. The average molecular weight is 361 g/mol. The van der Waals surface area contributed by atoms with Crippen molar-refractivity contribution in [1.29, 1.82) is 0 Å². The van der Waals surface area contributed by atoms with E-state index < -0.39 is 4.92 Å². The van der Waals surface area contributed by atoms with Crippen LogP contribution < -0.4 is 10.1 Å². The maximum atomic E-state index is 12.4. The predicted molar refractivity (Wildman–Crippen MR) is 96.3 cm³/mol. The van der Waals surface area contributed by atoms with Gasteiger partial charge in [-0.05, 0) is 36.4 Å². The summed E-state index contributed by atoms with van der Waals surface area (Å²) in [4.78, 5) is 26.3. The topological polar surface area (TPSA) is 84.7 Å². The Balaban J connectivity index is 1.68. The van der Waals surface area contributed by atoms with Gasteiger partial charge in [-0.1, -0.05) is 0 Å². The van der Waals surface area contributed by atoms with E-state index in [1.807, 2.05) is 0 Å². The first-order valence-corrected chi connectivity index (χ1v) is 8.80. The van der Waals surface area contributed by atoms with Crippen LogP contribution in [-0.2, 0) is 11.2 Å². The van der Waals surface area contributed by atoms with Gasteiger partial charge in [-0.2, -0.15) is 0 Å². The Kier molecular flexibility index (Phi) is 5.00. The number of nitro groups is 1. The number of carbonyl (C=O) groups excluding carboxylic acids is 1. The highest BCUT2D eigenvalue weighted by Crippen LogP contribution is 2.33. The zero-order valence-electron chi connectivity index (χ0n) is 14.0. The van der Waals surface area contributed by atoms with Gasteiger partial charge in [0.2, 0.25) is 5.91 Å². The third kappa shape index (κ3) is 3.64. The summed E-state index contributed by atoms with van der Waals surface area (Å²) in [5.74, 6) is 0.104. The number of nitrogens with one attached hydrogen (secondary N) is 1. The number of thiophene rings is 1. The lowest BCUT2D eigenvalue weighted by atomic mass is 10.0. The lowest BCUT2D eigenvalue weighted by molar-refractivity contribution is -0.384. The third-order valence-corrected chi connectivity index (χ3v) is 5.42. The Bertz CT molecular complexity index is 805. The van der Waals surface area contributed by atoms with Crippen molar-refractivity contribution in [3.05, 3.63) is 50.2 Å². The van der Waals surface area contributed by atoms with Crippen LogP contribution in [0.25, 0.3) is 0 Å². The maximum Gasteiger partial charge on any atom is 0.273 e. The summed E-state index contributed by atoms with van der Waals surface area (Å²) in [5, 5.41) is 15.7. The van der Waals surface area contributed by atoms with E-state index in [4.69, 9.17) is 4.74 Å². The molecule has 2 aromatic rings. The van der Waals surface area contributed by atoms with E-state index in [0.29, 0.717) is 5.69 Å². The van der Waals surface area contributed by atoms with E-state index in [-0.39, 0.29) is 29.9 Å². The summed E-state index contributed by atoms with van der Waals surface area (Å²) in [7, 11) is 1.42. The lowest BCUT2D eigenvalue weighted by Gasteiger charge is -2.32. The minimum atomic E-state index is -0.498. The molecule has 0 fully saturated rings. The van der Waals surface area contributed by atoms with Gasteiger partial charge in [-0.3, -0.25) is 19.8 Å². The molecule has 0 unspecified atom stereocenters. The average Bonchev–Trinajstić information content (AvgIpc) is 3.07. The molecule has 8 heteroatoms. The molecule has 3 rings (SSSR count). The number of anilines is 1. The molecule has 0 aliphatic carbocycles. The number of nitrogens with zero attached hydrogens (tertiary/aromatic N) is 2. The summed E-state index contributed by atoms with van der Waals surface area (Å²) >= 11 is 1.76. The third-order valence-electron chi connectivity index (χ3n) is 4.42. The molecule has 1 aliphatic heterocycles. The summed E-state index contributed by atoms with van der Waals surface area (Å²) in [6, 6.07) is 6.45. The van der Waals surface area contributed by atoms with Crippen molar-refractivity contribution in [3.63, 3.8) is 0 Å². The number of ether oxygens (including phenoxy) is 1. The van der Waals surface area contributed by atoms with Gasteiger partial charge in [0.1, 0.15) is 5.75 Å². The van der Waals surface area contributed by atoms with Crippen molar-refractivity contribution in [2.24, 2.45) is 0 Å². The smallest absolute Gasteiger partial charge is 0.273 e. The number of nitro benzene ring substituents is 1. The standard InChI is InChI=1S/C17H19N3O4S/c1-11-13-6-8-25-16(13)5-7-19(11)10-17(21)18-14-4-3-12(20(22)23)9-15(14)24-2/h3-4,6,8-9,11H,5,7,10H2,1-2H3,(H,18,21)/t11-/m1/s1. The minimum Gasteiger partial charge on any atom is -0.494 e. The second kappa shape index (κ2) is 7.20. The Morgan fingerprint density at radius 1 is 1.48 bits per heavy atom. The Hall–Kier alpha value is -2.45. The molecule has 2 heterocycles. The molecule has 1 aliphatic rings. The number of non-ortho nitro benzene ring substituents is 1. The molecule has 0 spiro atoms. The van der Waals surface area contributed by atoms with Crippen molar-refractivity contribution >= 4 is 28.6 Å². The van der Waals surface area contributed by atoms with Gasteiger partial charge >= 0.3 is 0 Å². The fraction of sp³-hybridized carbons (Fsp3) is 0.353. The van der Waals surface area contributed by atoms with Crippen molar-refractivity contribution < 1.29 is 14.5 Å². The van der Waals surface area contributed by atoms with Gasteiger partial charge in [0.05, 0.1) is 30.3 Å². The van der Waals surface area contributed by atoms with Crippen LogP contribution >= 0.6 is 11.3 Å². The molecule has 0 saturated heterocycles. The SMILES string of the molecule is COc1cc([N+](=O)[O-])ccc1NC(=O)CN1CCc2sccc2[C@H]1C. The Labute approximate surface area is 149 Å². The van der Waals surface area contributed by atoms with Crippen molar-refractivity contribution in [2.75, 3.05) is 25.5 Å². The van der Waals surface area contributed by atoms with Crippen LogP contribution in [0.3, 0.4) is 0 Å². The summed E-state index contributed by atoms with van der Waals surface area (Å²) in [5.41, 5.74) is 1.64. The highest BCUT2D eigenvalue weighted by atomic mass is 32.1. The summed E-state index contributed by atoms with van der Waals surface area (Å²) in [6.45, 7) is 3.19. The minimum absolute atomic E-state index is 0.0792. The first kappa shape index (κ1) is 17.4. The van der Waals surface area contributed by atoms with E-state index in [0.717, 1.165) is 13.0 Å². The molecular weight excluding hydrogens is 342 g/mol. The van der Waals surface area contributed by atoms with E-state index in [1.54, 1.807) is 11.3 Å². The number of hydrogen-bond acceptors (Lipinski definition) is 6. The molecule has 1 atom stereocenters. The fourth-order valence-electron chi connectivity index (χ4n) is 3.05. The number of amides is 1. The van der Waals surface area contributed by atoms with Crippen LogP contribution in [-0.4, -0.2) is 35.9 Å². The molecule has 25 heavy (non-hydrogen) atoms. The van der Waals surface area contributed by atoms with Gasteiger partial charge in [-0.15, -0.1) is 11.3 Å². The van der Waals surface area contributed by atoms with Gasteiger partial charge in [0.15, 0.2) is 0 Å². The first-order valence-electron chi connectivity index (χ1n) is 7.92. The van der Waals surface area contributed by atoms with Crippen LogP contribution in [0.15, 0.2) is 29.6 Å². The zero-order valence-corrected chi connectivity index (χ0v) is 14.8. The van der Waals surface area contributed by atoms with Crippen molar-refractivity contribution in [1.82, 2.24) is 4.90 Å². The molecular formula is C17H19N3O4S. The van der Waals surface area contributed by atoms with E-state index >= 15 is 0 Å². The van der Waals surface area contributed by atoms with Crippen LogP contribution in [0.1, 0.15) is 23.4 Å². The molecule has 1 aromatic carbocycles. The molecule has 0 bridgehead atoms. The summed E-state index contributed by atoms with van der Waals surface area (Å²) in [6.07, 6.45) is 0.950. The number of hydrogen-bond donors (Lipinski definition) is 1. The van der Waals surface area contributed by atoms with E-state index in [2.05, 4.69) is 28.6 Å². The number of carbonyl (C=O) groups is 1. The van der Waals surface area contributed by atoms with E-state index in [9.17, 15) is 14.9 Å². The maximum absolute atomic E-state index is 12.4. The molecule has 1 N–H and O–H groups in total. The van der Waals surface area contributed by atoms with Gasteiger partial charge in [0.25, 0.3) is 5.69 Å². The summed E-state index contributed by atoms with van der Waals surface area (Å²) < 4.78 is 5.15. The second-order valence-electron chi connectivity index (χ2n) is 5.89. The fourth-order valence-corrected chi connectivity index (χ4v) is 4.01. The molecule has 7 nitrogen and oxygen atoms in total. The van der Waals surface area contributed by atoms with Crippen molar-refractivity contribution in [2.45, 2.75) is 19.4 Å².